The second-order valence-electron chi connectivity index (χ2n) is 7.19. The Morgan fingerprint density at radius 3 is 2.76 bits per heavy atom. The summed E-state index contributed by atoms with van der Waals surface area (Å²) in [6.45, 7) is 6.23. The van der Waals surface area contributed by atoms with E-state index < -0.39 is 5.54 Å². The molecule has 0 spiro atoms. The molecule has 1 amide bonds. The molecule has 1 fully saturated rings. The lowest BCUT2D eigenvalue weighted by Crippen LogP contribution is -2.53. The first-order valence-electron chi connectivity index (χ1n) is 8.59. The maximum Gasteiger partial charge on any atom is 0.291 e. The fourth-order valence-electron chi connectivity index (χ4n) is 2.95. The highest BCUT2D eigenvalue weighted by Crippen LogP contribution is 2.39. The van der Waals surface area contributed by atoms with Gasteiger partial charge in [0.05, 0.1) is 11.2 Å². The largest absolute Gasteiger partial charge is 0.343 e. The Bertz CT molecular complexity index is 784. The van der Waals surface area contributed by atoms with Crippen molar-refractivity contribution >= 4 is 5.91 Å². The van der Waals surface area contributed by atoms with Crippen molar-refractivity contribution in [3.63, 3.8) is 0 Å². The number of amides is 1. The monoisotopic (exact) mass is 345 g/mol. The van der Waals surface area contributed by atoms with E-state index >= 15 is 0 Å². The molecular weight excluding hydrogens is 321 g/mol. The molecule has 1 saturated carbocycles. The van der Waals surface area contributed by atoms with Crippen LogP contribution in [0.15, 0.2) is 24.3 Å². The van der Waals surface area contributed by atoms with Gasteiger partial charge in [-0.05, 0) is 43.9 Å². The predicted octanol–water partition coefficient (Wildman–Crippen LogP) is 2.39. The Balaban J connectivity index is 1.92. The maximum atomic E-state index is 13.6. The van der Waals surface area contributed by atoms with E-state index in [0.29, 0.717) is 24.0 Å². The quantitative estimate of drug-likeness (QED) is 0.842. The summed E-state index contributed by atoms with van der Waals surface area (Å²) < 4.78 is 15.1. The summed E-state index contributed by atoms with van der Waals surface area (Å²) in [7, 11) is 0. The van der Waals surface area contributed by atoms with Gasteiger partial charge in [-0.3, -0.25) is 4.79 Å². The van der Waals surface area contributed by atoms with Crippen LogP contribution >= 0.6 is 0 Å². The molecule has 1 aliphatic rings. The highest BCUT2D eigenvalue weighted by atomic mass is 19.1. The molecule has 1 unspecified atom stereocenters. The zero-order valence-corrected chi connectivity index (χ0v) is 14.8. The Morgan fingerprint density at radius 2 is 2.20 bits per heavy atom. The minimum Gasteiger partial charge on any atom is -0.343 e. The van der Waals surface area contributed by atoms with Crippen molar-refractivity contribution in [3.05, 3.63) is 41.7 Å². The van der Waals surface area contributed by atoms with Crippen LogP contribution in [-0.2, 0) is 0 Å². The van der Waals surface area contributed by atoms with Crippen molar-refractivity contribution in [2.24, 2.45) is 11.7 Å². The van der Waals surface area contributed by atoms with Crippen LogP contribution in [0.1, 0.15) is 56.0 Å². The zero-order valence-electron chi connectivity index (χ0n) is 14.8. The molecule has 1 heterocycles. The number of nitrogens with two attached hydrogens (primary N) is 1. The number of carbonyl (C=O) groups excluding carboxylic acids is 1. The minimum absolute atomic E-state index is 0.0293. The molecule has 0 saturated heterocycles. The normalized spacial score (nSPS) is 16.7. The average molecular weight is 345 g/mol. The van der Waals surface area contributed by atoms with Crippen LogP contribution in [0.5, 0.6) is 0 Å². The van der Waals surface area contributed by atoms with E-state index in [9.17, 15) is 9.18 Å². The lowest BCUT2D eigenvalue weighted by atomic mass is 9.96. The first kappa shape index (κ1) is 17.5. The third-order valence-electron chi connectivity index (χ3n) is 4.71. The van der Waals surface area contributed by atoms with E-state index in [1.165, 1.54) is 16.8 Å². The van der Waals surface area contributed by atoms with Crippen LogP contribution in [0.3, 0.4) is 0 Å². The molecule has 1 atom stereocenters. The Hall–Kier alpha value is -2.28. The van der Waals surface area contributed by atoms with Gasteiger partial charge in [0, 0.05) is 12.5 Å². The SMILES string of the molecule is CC(C)c1nc(C(=O)NC(C)(CN)C2CC2)nn1-c1cccc(F)c1. The van der Waals surface area contributed by atoms with Gasteiger partial charge < -0.3 is 11.1 Å². The van der Waals surface area contributed by atoms with Gasteiger partial charge >= 0.3 is 0 Å². The molecule has 134 valence electrons. The summed E-state index contributed by atoms with van der Waals surface area (Å²) >= 11 is 0. The van der Waals surface area contributed by atoms with Crippen LogP contribution in [0.25, 0.3) is 5.69 Å². The number of nitrogens with one attached hydrogen (secondary N) is 1. The highest BCUT2D eigenvalue weighted by molar-refractivity contribution is 5.91. The van der Waals surface area contributed by atoms with E-state index in [-0.39, 0.29) is 23.5 Å². The lowest BCUT2D eigenvalue weighted by molar-refractivity contribution is 0.0887. The van der Waals surface area contributed by atoms with E-state index in [2.05, 4.69) is 15.4 Å². The van der Waals surface area contributed by atoms with Crippen molar-refractivity contribution in [3.8, 4) is 5.69 Å². The fraction of sp³-hybridized carbons (Fsp3) is 0.500. The number of benzene rings is 1. The van der Waals surface area contributed by atoms with Gasteiger partial charge in [0.25, 0.3) is 5.91 Å². The highest BCUT2D eigenvalue weighted by Gasteiger charge is 2.42. The molecule has 1 aliphatic carbocycles. The molecule has 25 heavy (non-hydrogen) atoms. The number of hydrogen-bond donors (Lipinski definition) is 2. The second-order valence-corrected chi connectivity index (χ2v) is 7.19. The van der Waals surface area contributed by atoms with Gasteiger partial charge in [0.2, 0.25) is 5.82 Å². The van der Waals surface area contributed by atoms with Gasteiger partial charge in [0.15, 0.2) is 0 Å². The first-order valence-corrected chi connectivity index (χ1v) is 8.59. The molecular formula is C18H24FN5O. The molecule has 0 aliphatic heterocycles. The van der Waals surface area contributed by atoms with Crippen molar-refractivity contribution in [1.82, 2.24) is 20.1 Å². The van der Waals surface area contributed by atoms with Crippen molar-refractivity contribution in [2.75, 3.05) is 6.54 Å². The fourth-order valence-corrected chi connectivity index (χ4v) is 2.95. The smallest absolute Gasteiger partial charge is 0.291 e. The number of aromatic nitrogens is 3. The third kappa shape index (κ3) is 3.56. The van der Waals surface area contributed by atoms with Crippen molar-refractivity contribution < 1.29 is 9.18 Å². The topological polar surface area (TPSA) is 85.8 Å². The molecule has 2 aromatic rings. The first-order chi connectivity index (χ1) is 11.8. The summed E-state index contributed by atoms with van der Waals surface area (Å²) in [6.07, 6.45) is 2.13. The molecule has 0 bridgehead atoms. The molecule has 3 rings (SSSR count). The molecule has 0 radical (unpaired) electrons. The number of nitrogens with zero attached hydrogens (tertiary/aromatic N) is 3. The minimum atomic E-state index is -0.445. The van der Waals surface area contributed by atoms with E-state index in [0.717, 1.165) is 12.8 Å². The summed E-state index contributed by atoms with van der Waals surface area (Å²) in [6, 6.07) is 6.08. The van der Waals surface area contributed by atoms with Crippen LogP contribution in [0, 0.1) is 11.7 Å². The van der Waals surface area contributed by atoms with Gasteiger partial charge in [-0.15, -0.1) is 5.10 Å². The van der Waals surface area contributed by atoms with E-state index in [1.807, 2.05) is 20.8 Å². The van der Waals surface area contributed by atoms with Gasteiger partial charge in [0.1, 0.15) is 11.6 Å². The number of carbonyl (C=O) groups is 1. The predicted molar refractivity (Wildman–Crippen MR) is 93.1 cm³/mol. The van der Waals surface area contributed by atoms with Gasteiger partial charge in [-0.25, -0.2) is 14.1 Å². The van der Waals surface area contributed by atoms with Gasteiger partial charge in [-0.2, -0.15) is 0 Å². The lowest BCUT2D eigenvalue weighted by Gasteiger charge is -2.28. The molecule has 6 nitrogen and oxygen atoms in total. The summed E-state index contributed by atoms with van der Waals surface area (Å²) in [4.78, 5) is 17.0. The zero-order chi connectivity index (χ0) is 18.2. The van der Waals surface area contributed by atoms with Crippen LogP contribution in [0.2, 0.25) is 0 Å². The molecule has 7 heteroatoms. The summed E-state index contributed by atoms with van der Waals surface area (Å²) in [5.41, 5.74) is 5.96. The Morgan fingerprint density at radius 1 is 1.48 bits per heavy atom. The van der Waals surface area contributed by atoms with E-state index in [1.54, 1.807) is 12.1 Å². The Kier molecular flexibility index (Phi) is 4.60. The summed E-state index contributed by atoms with van der Waals surface area (Å²) in [5, 5.41) is 7.31. The third-order valence-corrected chi connectivity index (χ3v) is 4.71. The van der Waals surface area contributed by atoms with Crippen LogP contribution < -0.4 is 11.1 Å². The maximum absolute atomic E-state index is 13.6. The van der Waals surface area contributed by atoms with E-state index in [4.69, 9.17) is 5.73 Å². The number of hydrogen-bond acceptors (Lipinski definition) is 4. The van der Waals surface area contributed by atoms with Crippen LogP contribution in [-0.4, -0.2) is 32.8 Å². The molecule has 1 aromatic carbocycles. The van der Waals surface area contributed by atoms with Crippen molar-refractivity contribution in [1.29, 1.82) is 0 Å². The summed E-state index contributed by atoms with van der Waals surface area (Å²) in [5.74, 6) is 0.401. The second kappa shape index (κ2) is 6.55. The van der Waals surface area contributed by atoms with Crippen LogP contribution in [0.4, 0.5) is 4.39 Å². The molecule has 3 N–H and O–H groups in total. The standard InChI is InChI=1S/C18H24FN5O/c1-11(2)16-21-15(17(25)22-18(3,10-20)12-7-8-12)23-24(16)14-6-4-5-13(19)9-14/h4-6,9,11-12H,7-8,10,20H2,1-3H3,(H,22,25). The number of rotatable bonds is 6. The van der Waals surface area contributed by atoms with Gasteiger partial charge in [-0.1, -0.05) is 19.9 Å². The molecule has 1 aromatic heterocycles. The average Bonchev–Trinajstić information content (AvgIpc) is 3.33. The number of halogens is 1. The Labute approximate surface area is 146 Å². The van der Waals surface area contributed by atoms with Crippen molar-refractivity contribution in [2.45, 2.75) is 45.1 Å².